The minimum Gasteiger partial charge on any atom is -0.478 e. The number of esters is 1. The summed E-state index contributed by atoms with van der Waals surface area (Å²) in [5.41, 5.74) is 0.887. The van der Waals surface area contributed by atoms with Crippen LogP contribution in [-0.2, 0) is 14.3 Å². The summed E-state index contributed by atoms with van der Waals surface area (Å²) in [6, 6.07) is 9.27. The summed E-state index contributed by atoms with van der Waals surface area (Å²) in [6.45, 7) is 0. The number of hydrogen-bond acceptors (Lipinski definition) is 4. The van der Waals surface area contributed by atoms with Crippen LogP contribution >= 0.6 is 0 Å². The number of benzene rings is 1. The number of hydrogen-bond donors (Lipinski definition) is 2. The molecule has 0 bridgehead atoms. The fraction of sp³-hybridized carbons (Fsp3) is 0. The van der Waals surface area contributed by atoms with E-state index in [9.17, 15) is 9.59 Å². The average Bonchev–Trinajstić information content (AvgIpc) is 2.28. The van der Waals surface area contributed by atoms with Crippen molar-refractivity contribution in [3.8, 4) is 0 Å². The molecule has 90 valence electrons. The molecule has 0 aliphatic heterocycles. The van der Waals surface area contributed by atoms with Crippen molar-refractivity contribution < 1.29 is 19.4 Å². The molecule has 17 heavy (non-hydrogen) atoms. The van der Waals surface area contributed by atoms with Gasteiger partial charge < -0.3 is 16.0 Å². The fourth-order valence-electron chi connectivity index (χ4n) is 0.922. The highest BCUT2D eigenvalue weighted by molar-refractivity contribution is 5.91. The first kappa shape index (κ1) is 14.6. The van der Waals surface area contributed by atoms with Crippen molar-refractivity contribution in [1.29, 1.82) is 0 Å². The van der Waals surface area contributed by atoms with Crippen LogP contribution in [0.4, 0.5) is 0 Å². The van der Waals surface area contributed by atoms with Crippen molar-refractivity contribution in [3.63, 3.8) is 0 Å². The van der Waals surface area contributed by atoms with Crippen molar-refractivity contribution in [2.75, 3.05) is 0 Å². The molecule has 4 N–H and O–H groups in total. The predicted octanol–water partition coefficient (Wildman–Crippen LogP) is 2.00. The fourth-order valence-corrected chi connectivity index (χ4v) is 0.922. The molecule has 1 aromatic rings. The molecule has 0 atom stereocenters. The van der Waals surface area contributed by atoms with Crippen molar-refractivity contribution in [3.05, 3.63) is 54.3 Å². The number of carboxylic acids is 1. The Bertz CT molecular complexity index is 423. The van der Waals surface area contributed by atoms with E-state index < -0.39 is 11.9 Å². The van der Waals surface area contributed by atoms with Crippen LogP contribution in [0, 0.1) is 0 Å². The van der Waals surface area contributed by atoms with Gasteiger partial charge in [0.15, 0.2) is 0 Å². The van der Waals surface area contributed by atoms with Gasteiger partial charge in [-0.25, -0.2) is 9.59 Å². The van der Waals surface area contributed by atoms with Gasteiger partial charge >= 0.3 is 11.9 Å². The monoisotopic (exact) mass is 235 g/mol. The Morgan fingerprint density at radius 2 is 1.76 bits per heavy atom. The van der Waals surface area contributed by atoms with Crippen molar-refractivity contribution in [2.24, 2.45) is 0 Å². The van der Waals surface area contributed by atoms with E-state index in [-0.39, 0.29) is 6.15 Å². The SMILES string of the molecule is N.O=C(O)/C=C\C(=O)OC=Cc1ccccc1. The molecule has 0 fully saturated rings. The molecule has 5 nitrogen and oxygen atoms in total. The summed E-state index contributed by atoms with van der Waals surface area (Å²) in [4.78, 5) is 21.0. The van der Waals surface area contributed by atoms with Crippen LogP contribution in [0.15, 0.2) is 48.7 Å². The lowest BCUT2D eigenvalue weighted by Gasteiger charge is -1.93. The molecule has 5 heteroatoms. The molecule has 0 amide bonds. The average molecular weight is 235 g/mol. The van der Waals surface area contributed by atoms with E-state index >= 15 is 0 Å². The number of carbonyl (C=O) groups is 2. The van der Waals surface area contributed by atoms with E-state index in [4.69, 9.17) is 5.11 Å². The highest BCUT2D eigenvalue weighted by Gasteiger charge is 1.94. The van der Waals surface area contributed by atoms with E-state index in [1.165, 1.54) is 6.26 Å². The zero-order valence-corrected chi connectivity index (χ0v) is 9.08. The third-order valence-electron chi connectivity index (χ3n) is 1.61. The Balaban J connectivity index is 0.00000256. The minimum atomic E-state index is -1.19. The lowest BCUT2D eigenvalue weighted by molar-refractivity contribution is -0.134. The van der Waals surface area contributed by atoms with Gasteiger partial charge in [-0.2, -0.15) is 0 Å². The van der Waals surface area contributed by atoms with Gasteiger partial charge in [-0.15, -0.1) is 0 Å². The Morgan fingerprint density at radius 3 is 2.35 bits per heavy atom. The molecule has 0 radical (unpaired) electrons. The normalized spacial score (nSPS) is 10.1. The number of carboxylic acid groups (broad SMARTS) is 1. The standard InChI is InChI=1S/C12H10O4.H3N/c13-11(14)6-7-12(15)16-9-8-10-4-2-1-3-5-10;/h1-9H,(H,13,14);1H3/b7-6-,9-8?;. The first-order valence-corrected chi connectivity index (χ1v) is 4.52. The highest BCUT2D eigenvalue weighted by atomic mass is 16.5. The Hall–Kier alpha value is -2.40. The van der Waals surface area contributed by atoms with Crippen LogP contribution in [0.2, 0.25) is 0 Å². The highest BCUT2D eigenvalue weighted by Crippen LogP contribution is 2.00. The summed E-state index contributed by atoms with van der Waals surface area (Å²) in [5, 5.41) is 8.25. The number of ether oxygens (including phenoxy) is 1. The van der Waals surface area contributed by atoms with Gasteiger partial charge in [0.05, 0.1) is 6.26 Å². The zero-order valence-electron chi connectivity index (χ0n) is 9.08. The van der Waals surface area contributed by atoms with Gasteiger partial charge in [0.2, 0.25) is 0 Å². The maximum atomic E-state index is 10.9. The van der Waals surface area contributed by atoms with Crippen molar-refractivity contribution >= 4 is 18.0 Å². The maximum Gasteiger partial charge on any atom is 0.335 e. The van der Waals surface area contributed by atoms with E-state index in [0.717, 1.165) is 17.7 Å². The Morgan fingerprint density at radius 1 is 1.12 bits per heavy atom. The summed E-state index contributed by atoms with van der Waals surface area (Å²) in [5.74, 6) is -1.92. The quantitative estimate of drug-likeness (QED) is 0.472. The van der Waals surface area contributed by atoms with Crippen LogP contribution in [0.25, 0.3) is 6.08 Å². The van der Waals surface area contributed by atoms with Gasteiger partial charge in [-0.3, -0.25) is 0 Å². The van der Waals surface area contributed by atoms with E-state index in [1.54, 1.807) is 6.08 Å². The van der Waals surface area contributed by atoms with E-state index in [0.29, 0.717) is 0 Å². The molecule has 0 spiro atoms. The van der Waals surface area contributed by atoms with Crippen LogP contribution in [0.5, 0.6) is 0 Å². The molecule has 0 heterocycles. The molecule has 1 aromatic carbocycles. The third kappa shape index (κ3) is 6.64. The predicted molar refractivity (Wildman–Crippen MR) is 63.4 cm³/mol. The van der Waals surface area contributed by atoms with Crippen LogP contribution in [0.1, 0.15) is 5.56 Å². The molecule has 0 unspecified atom stereocenters. The van der Waals surface area contributed by atoms with Crippen LogP contribution in [-0.4, -0.2) is 17.0 Å². The largest absolute Gasteiger partial charge is 0.478 e. The van der Waals surface area contributed by atoms with Gasteiger partial charge in [0.25, 0.3) is 0 Å². The van der Waals surface area contributed by atoms with Crippen molar-refractivity contribution in [2.45, 2.75) is 0 Å². The third-order valence-corrected chi connectivity index (χ3v) is 1.61. The summed E-state index contributed by atoms with van der Waals surface area (Å²) in [6.07, 6.45) is 4.38. The van der Waals surface area contributed by atoms with Gasteiger partial charge in [0, 0.05) is 12.2 Å². The van der Waals surface area contributed by atoms with E-state index in [2.05, 4.69) is 4.74 Å². The molecule has 0 aliphatic rings. The van der Waals surface area contributed by atoms with E-state index in [1.807, 2.05) is 30.3 Å². The second-order valence-electron chi connectivity index (χ2n) is 2.82. The Labute approximate surface area is 98.6 Å². The zero-order chi connectivity index (χ0) is 11.8. The molecule has 0 aliphatic carbocycles. The molecule has 0 saturated heterocycles. The molecule has 1 rings (SSSR count). The first-order valence-electron chi connectivity index (χ1n) is 4.52. The van der Waals surface area contributed by atoms with Crippen molar-refractivity contribution in [1.82, 2.24) is 6.15 Å². The van der Waals surface area contributed by atoms with Gasteiger partial charge in [-0.1, -0.05) is 30.3 Å². The first-order chi connectivity index (χ1) is 7.68. The maximum absolute atomic E-state index is 10.9. The smallest absolute Gasteiger partial charge is 0.335 e. The second kappa shape index (κ2) is 7.84. The summed E-state index contributed by atoms with van der Waals surface area (Å²) in [7, 11) is 0. The van der Waals surface area contributed by atoms with Gasteiger partial charge in [0.1, 0.15) is 0 Å². The topological polar surface area (TPSA) is 98.6 Å². The van der Waals surface area contributed by atoms with Gasteiger partial charge in [-0.05, 0) is 11.6 Å². The molecular weight excluding hydrogens is 222 g/mol. The number of aliphatic carboxylic acids is 1. The molecule has 0 saturated carbocycles. The molecule has 0 aromatic heterocycles. The van der Waals surface area contributed by atoms with Crippen LogP contribution < -0.4 is 6.15 Å². The number of rotatable bonds is 4. The molecular formula is C12H13NO4. The van der Waals surface area contributed by atoms with Crippen LogP contribution in [0.3, 0.4) is 0 Å². The lowest BCUT2D eigenvalue weighted by atomic mass is 10.2. The summed E-state index contributed by atoms with van der Waals surface area (Å²) >= 11 is 0. The summed E-state index contributed by atoms with van der Waals surface area (Å²) < 4.78 is 4.63. The number of carbonyl (C=O) groups excluding carboxylic acids is 1. The lowest BCUT2D eigenvalue weighted by Crippen LogP contribution is -1.96. The second-order valence-corrected chi connectivity index (χ2v) is 2.82. The minimum absolute atomic E-state index is 0. The Kier molecular flexibility index (Phi) is 6.73.